The van der Waals surface area contributed by atoms with Crippen LogP contribution in [0.1, 0.15) is 75.1 Å². The van der Waals surface area contributed by atoms with Gasteiger partial charge in [0.1, 0.15) is 5.82 Å². The summed E-state index contributed by atoms with van der Waals surface area (Å²) < 4.78 is 16.1. The summed E-state index contributed by atoms with van der Waals surface area (Å²) in [4.78, 5) is 43.4. The van der Waals surface area contributed by atoms with E-state index in [9.17, 15) is 23.9 Å². The maximum Gasteiger partial charge on any atom is 0.255 e. The quantitative estimate of drug-likeness (QED) is 0.541. The summed E-state index contributed by atoms with van der Waals surface area (Å²) in [6.45, 7) is 2.99. The molecule has 2 heterocycles. The zero-order valence-corrected chi connectivity index (χ0v) is 24.0. The average Bonchev–Trinajstić information content (AvgIpc) is 3.38. The van der Waals surface area contributed by atoms with Crippen molar-refractivity contribution in [3.63, 3.8) is 0 Å². The van der Waals surface area contributed by atoms with Crippen molar-refractivity contribution in [3.8, 4) is 11.1 Å². The second-order valence-corrected chi connectivity index (χ2v) is 12.7. The molecule has 2 aliphatic carbocycles. The average molecular weight is 552 g/mol. The van der Waals surface area contributed by atoms with Crippen LogP contribution in [0.15, 0.2) is 41.3 Å². The summed E-state index contributed by atoms with van der Waals surface area (Å²) >= 11 is 0. The summed E-state index contributed by atoms with van der Waals surface area (Å²) in [5, 5.41) is 12.2. The van der Waals surface area contributed by atoms with E-state index in [1.165, 1.54) is 47.1 Å². The number of halogens is 1. The predicted octanol–water partition coefficient (Wildman–Crippen LogP) is 4.71. The van der Waals surface area contributed by atoms with Crippen LogP contribution in [-0.4, -0.2) is 64.1 Å². The summed E-state index contributed by atoms with van der Waals surface area (Å²) in [6.07, 6.45) is 9.96. The van der Waals surface area contributed by atoms with Gasteiger partial charge in [-0.15, -0.1) is 0 Å². The molecule has 3 fully saturated rings. The van der Waals surface area contributed by atoms with Crippen molar-refractivity contribution in [2.75, 3.05) is 27.2 Å². The molecular formula is C32H42FN3O4. The zero-order chi connectivity index (χ0) is 28.7. The van der Waals surface area contributed by atoms with Crippen LogP contribution in [0.25, 0.3) is 11.1 Å². The molecule has 0 bridgehead atoms. The van der Waals surface area contributed by atoms with Gasteiger partial charge in [0.15, 0.2) is 0 Å². The number of rotatable bonds is 7. The molecule has 216 valence electrons. The Hall–Kier alpha value is -3.00. The monoisotopic (exact) mass is 551 g/mol. The SMILES string of the molecule is C[C@H](CC1CCC1)C(=O)N1CC[C@@](O)(Cn2cc(C(=O)N(C)C)c(-c3ccccc3F)cc2=O)C2(CCCC2)C1. The highest BCUT2D eigenvalue weighted by Gasteiger charge is 2.55. The molecule has 7 nitrogen and oxygen atoms in total. The highest BCUT2D eigenvalue weighted by atomic mass is 19.1. The van der Waals surface area contributed by atoms with Crippen LogP contribution in [0.4, 0.5) is 4.39 Å². The van der Waals surface area contributed by atoms with Crippen LogP contribution in [0.5, 0.6) is 0 Å². The van der Waals surface area contributed by atoms with Gasteiger partial charge in [0, 0.05) is 61.9 Å². The fourth-order valence-electron chi connectivity index (χ4n) is 7.22. The van der Waals surface area contributed by atoms with Crippen molar-refractivity contribution in [2.24, 2.45) is 17.3 Å². The normalized spacial score (nSPS) is 23.2. The smallest absolute Gasteiger partial charge is 0.255 e. The van der Waals surface area contributed by atoms with Gasteiger partial charge in [-0.25, -0.2) is 4.39 Å². The molecule has 1 aromatic heterocycles. The number of aromatic nitrogens is 1. The van der Waals surface area contributed by atoms with Crippen LogP contribution < -0.4 is 5.56 Å². The Morgan fingerprint density at radius 1 is 1.10 bits per heavy atom. The molecule has 1 aromatic carbocycles. The first-order valence-corrected chi connectivity index (χ1v) is 14.8. The maximum absolute atomic E-state index is 14.7. The Bertz CT molecular complexity index is 1330. The number of aliphatic hydroxyl groups is 1. The van der Waals surface area contributed by atoms with E-state index in [0.29, 0.717) is 25.4 Å². The number of hydrogen-bond acceptors (Lipinski definition) is 4. The van der Waals surface area contributed by atoms with E-state index in [4.69, 9.17) is 0 Å². The van der Waals surface area contributed by atoms with E-state index in [2.05, 4.69) is 0 Å². The Morgan fingerprint density at radius 2 is 1.80 bits per heavy atom. The molecule has 1 spiro atoms. The minimum absolute atomic E-state index is 0.0246. The van der Waals surface area contributed by atoms with Crippen LogP contribution in [0.3, 0.4) is 0 Å². The fourth-order valence-corrected chi connectivity index (χ4v) is 7.22. The molecule has 8 heteroatoms. The van der Waals surface area contributed by atoms with Gasteiger partial charge in [-0.2, -0.15) is 0 Å². The lowest BCUT2D eigenvalue weighted by atomic mass is 9.65. The fraction of sp³-hybridized carbons (Fsp3) is 0.594. The van der Waals surface area contributed by atoms with Crippen molar-refractivity contribution < 1.29 is 19.1 Å². The van der Waals surface area contributed by atoms with E-state index in [1.807, 2.05) is 11.8 Å². The minimum atomic E-state index is -1.21. The lowest BCUT2D eigenvalue weighted by Crippen LogP contribution is -2.62. The first-order chi connectivity index (χ1) is 19.0. The van der Waals surface area contributed by atoms with Gasteiger partial charge >= 0.3 is 0 Å². The Balaban J connectivity index is 1.45. The second kappa shape index (κ2) is 11.1. The van der Waals surface area contributed by atoms with Crippen LogP contribution in [0.2, 0.25) is 0 Å². The predicted molar refractivity (Wildman–Crippen MR) is 152 cm³/mol. The number of benzene rings is 1. The molecular weight excluding hydrogens is 509 g/mol. The molecule has 2 saturated carbocycles. The van der Waals surface area contributed by atoms with Crippen molar-refractivity contribution in [1.29, 1.82) is 0 Å². The number of carbonyl (C=O) groups is 2. The van der Waals surface area contributed by atoms with Crippen LogP contribution in [-0.2, 0) is 11.3 Å². The molecule has 40 heavy (non-hydrogen) atoms. The second-order valence-electron chi connectivity index (χ2n) is 12.7. The van der Waals surface area contributed by atoms with Gasteiger partial charge in [0.05, 0.1) is 17.7 Å². The van der Waals surface area contributed by atoms with E-state index < -0.39 is 22.4 Å². The molecule has 0 unspecified atom stereocenters. The number of pyridine rings is 1. The Kier molecular flexibility index (Phi) is 7.92. The summed E-state index contributed by atoms with van der Waals surface area (Å²) in [5.41, 5.74) is -1.49. The number of amides is 2. The molecule has 1 saturated heterocycles. The number of carbonyl (C=O) groups excluding carboxylic acids is 2. The van der Waals surface area contributed by atoms with Gasteiger partial charge in [-0.3, -0.25) is 14.4 Å². The van der Waals surface area contributed by atoms with Crippen molar-refractivity contribution in [3.05, 3.63) is 58.3 Å². The van der Waals surface area contributed by atoms with Crippen molar-refractivity contribution in [2.45, 2.75) is 76.9 Å². The summed E-state index contributed by atoms with van der Waals surface area (Å²) in [7, 11) is 3.23. The highest BCUT2D eigenvalue weighted by molar-refractivity contribution is 6.00. The van der Waals surface area contributed by atoms with Gasteiger partial charge in [0.2, 0.25) is 5.91 Å². The third kappa shape index (κ3) is 5.22. The van der Waals surface area contributed by atoms with Crippen LogP contribution >= 0.6 is 0 Å². The molecule has 1 N–H and O–H groups in total. The van der Waals surface area contributed by atoms with Gasteiger partial charge in [0.25, 0.3) is 11.5 Å². The topological polar surface area (TPSA) is 82.8 Å². The number of likely N-dealkylation sites (tertiary alicyclic amines) is 1. The number of piperidine rings is 1. The van der Waals surface area contributed by atoms with Gasteiger partial charge in [-0.1, -0.05) is 57.2 Å². The third-order valence-corrected chi connectivity index (χ3v) is 9.84. The van der Waals surface area contributed by atoms with Crippen molar-refractivity contribution >= 4 is 11.8 Å². The largest absolute Gasteiger partial charge is 0.387 e. The Morgan fingerprint density at radius 3 is 2.42 bits per heavy atom. The van der Waals surface area contributed by atoms with E-state index in [-0.39, 0.29) is 41.0 Å². The van der Waals surface area contributed by atoms with E-state index in [0.717, 1.165) is 32.1 Å². The van der Waals surface area contributed by atoms with Gasteiger partial charge in [-0.05, 0) is 37.7 Å². The summed E-state index contributed by atoms with van der Waals surface area (Å²) in [6, 6.07) is 7.40. The maximum atomic E-state index is 14.7. The lowest BCUT2D eigenvalue weighted by Gasteiger charge is -2.53. The van der Waals surface area contributed by atoms with E-state index in [1.54, 1.807) is 32.3 Å². The molecule has 0 radical (unpaired) electrons. The number of nitrogens with zero attached hydrogens (tertiary/aromatic N) is 3. The molecule has 2 amide bonds. The first-order valence-electron chi connectivity index (χ1n) is 14.8. The Labute approximate surface area is 236 Å². The lowest BCUT2D eigenvalue weighted by molar-refractivity contribution is -0.163. The molecule has 2 aromatic rings. The number of hydrogen-bond donors (Lipinski definition) is 1. The minimum Gasteiger partial charge on any atom is -0.387 e. The molecule has 1 aliphatic heterocycles. The summed E-state index contributed by atoms with van der Waals surface area (Å²) in [5.74, 6) is -0.0667. The third-order valence-electron chi connectivity index (χ3n) is 9.84. The van der Waals surface area contributed by atoms with Crippen molar-refractivity contribution in [1.82, 2.24) is 14.4 Å². The standard InChI is InChI=1S/C32H42FN3O4/c1-22(17-23-9-8-10-23)29(38)35-16-15-32(40,31(20-35)13-6-7-14-31)21-36-19-26(30(39)34(2)3)25(18-28(36)37)24-11-4-5-12-27(24)33/h4-5,11-12,18-19,22-23,40H,6-10,13-17,20-21H2,1-3H3/t22-,32-/m1/s1. The molecule has 5 rings (SSSR count). The van der Waals surface area contributed by atoms with E-state index >= 15 is 0 Å². The first kappa shape index (κ1) is 28.5. The highest BCUT2D eigenvalue weighted by Crippen LogP contribution is 2.52. The molecule has 3 aliphatic rings. The molecule has 2 atom stereocenters. The van der Waals surface area contributed by atoms with Gasteiger partial charge < -0.3 is 19.5 Å². The zero-order valence-electron chi connectivity index (χ0n) is 24.0. The van der Waals surface area contributed by atoms with Crippen LogP contribution in [0, 0.1) is 23.1 Å².